The first kappa shape index (κ1) is 10.7. The number of carbonyl (C=O) groups excluding carboxylic acids is 1. The van der Waals surface area contributed by atoms with Crippen LogP contribution in [-0.4, -0.2) is 12.9 Å². The molecule has 0 spiro atoms. The summed E-state index contributed by atoms with van der Waals surface area (Å²) in [6, 6.07) is 7.45. The van der Waals surface area contributed by atoms with E-state index in [1.54, 1.807) is 7.11 Å². The van der Waals surface area contributed by atoms with Gasteiger partial charge in [0, 0.05) is 17.2 Å². The molecule has 0 saturated heterocycles. The normalized spacial score (nSPS) is 20.4. The quantitative estimate of drug-likeness (QED) is 0.824. The molecule has 3 heteroatoms. The fourth-order valence-electron chi connectivity index (χ4n) is 2.04. The molecule has 0 fully saturated rings. The molecule has 0 saturated carbocycles. The Morgan fingerprint density at radius 2 is 2.19 bits per heavy atom. The SMILES string of the molecule is COc1cccc(C2=C(N)CC(C)C2=O)c1. The van der Waals surface area contributed by atoms with Crippen molar-refractivity contribution in [2.24, 2.45) is 11.7 Å². The molecule has 0 heterocycles. The predicted octanol–water partition coefficient (Wildman–Crippen LogP) is 1.97. The van der Waals surface area contributed by atoms with E-state index in [0.29, 0.717) is 17.7 Å². The topological polar surface area (TPSA) is 52.3 Å². The van der Waals surface area contributed by atoms with Crippen LogP contribution in [0.1, 0.15) is 18.9 Å². The lowest BCUT2D eigenvalue weighted by atomic mass is 10.0. The lowest BCUT2D eigenvalue weighted by molar-refractivity contribution is -0.116. The monoisotopic (exact) mass is 217 g/mol. The summed E-state index contributed by atoms with van der Waals surface area (Å²) < 4.78 is 5.14. The van der Waals surface area contributed by atoms with Crippen LogP contribution in [0.5, 0.6) is 5.75 Å². The molecule has 1 aliphatic carbocycles. The van der Waals surface area contributed by atoms with Crippen molar-refractivity contribution in [2.45, 2.75) is 13.3 Å². The van der Waals surface area contributed by atoms with E-state index in [4.69, 9.17) is 10.5 Å². The molecule has 0 aliphatic heterocycles. The van der Waals surface area contributed by atoms with E-state index >= 15 is 0 Å². The summed E-state index contributed by atoms with van der Waals surface area (Å²) in [6.07, 6.45) is 0.658. The molecular formula is C13H15NO2. The van der Waals surface area contributed by atoms with Crippen LogP contribution in [0.4, 0.5) is 0 Å². The molecule has 0 aromatic heterocycles. The molecule has 0 amide bonds. The van der Waals surface area contributed by atoms with Crippen molar-refractivity contribution in [2.75, 3.05) is 7.11 Å². The number of Topliss-reactive ketones (excluding diaryl/α,β-unsaturated/α-hetero) is 1. The van der Waals surface area contributed by atoms with Crippen LogP contribution < -0.4 is 10.5 Å². The number of rotatable bonds is 2. The summed E-state index contributed by atoms with van der Waals surface area (Å²) in [5, 5.41) is 0. The minimum atomic E-state index is 0.00111. The molecule has 3 nitrogen and oxygen atoms in total. The highest BCUT2D eigenvalue weighted by Crippen LogP contribution is 2.33. The van der Waals surface area contributed by atoms with E-state index in [-0.39, 0.29) is 11.7 Å². The molecule has 1 aromatic rings. The third-order valence-electron chi connectivity index (χ3n) is 2.90. The van der Waals surface area contributed by atoms with Crippen molar-refractivity contribution in [1.82, 2.24) is 0 Å². The number of hydrogen-bond donors (Lipinski definition) is 1. The lowest BCUT2D eigenvalue weighted by Crippen LogP contribution is -2.05. The Balaban J connectivity index is 2.44. The van der Waals surface area contributed by atoms with E-state index in [9.17, 15) is 4.79 Å². The van der Waals surface area contributed by atoms with Crippen LogP contribution >= 0.6 is 0 Å². The second-order valence-electron chi connectivity index (χ2n) is 4.10. The molecule has 16 heavy (non-hydrogen) atoms. The maximum atomic E-state index is 11.9. The third-order valence-corrected chi connectivity index (χ3v) is 2.90. The minimum Gasteiger partial charge on any atom is -0.497 e. The first-order valence-corrected chi connectivity index (χ1v) is 5.30. The minimum absolute atomic E-state index is 0.00111. The maximum absolute atomic E-state index is 11.9. The fraction of sp³-hybridized carbons (Fsp3) is 0.308. The van der Waals surface area contributed by atoms with E-state index < -0.39 is 0 Å². The van der Waals surface area contributed by atoms with Crippen molar-refractivity contribution in [1.29, 1.82) is 0 Å². The molecule has 0 bridgehead atoms. The highest BCUT2D eigenvalue weighted by Gasteiger charge is 2.29. The van der Waals surface area contributed by atoms with Gasteiger partial charge in [-0.1, -0.05) is 19.1 Å². The van der Waals surface area contributed by atoms with E-state index in [1.807, 2.05) is 31.2 Å². The standard InChI is InChI=1S/C13H15NO2/c1-8-6-11(14)12(13(8)15)9-4-3-5-10(7-9)16-2/h3-5,7-8H,6,14H2,1-2H3. The molecule has 1 aromatic carbocycles. The van der Waals surface area contributed by atoms with Gasteiger partial charge in [0.05, 0.1) is 7.11 Å². The number of ether oxygens (including phenoxy) is 1. The lowest BCUT2D eigenvalue weighted by Gasteiger charge is -2.06. The summed E-state index contributed by atoms with van der Waals surface area (Å²) in [6.45, 7) is 1.91. The van der Waals surface area contributed by atoms with Gasteiger partial charge in [-0.25, -0.2) is 0 Å². The molecule has 1 atom stereocenters. The Morgan fingerprint density at radius 3 is 2.75 bits per heavy atom. The second-order valence-corrected chi connectivity index (χ2v) is 4.10. The van der Waals surface area contributed by atoms with Gasteiger partial charge in [0.2, 0.25) is 0 Å². The Bertz CT molecular complexity index is 463. The number of methoxy groups -OCH3 is 1. The van der Waals surface area contributed by atoms with Crippen molar-refractivity contribution < 1.29 is 9.53 Å². The molecule has 1 aliphatic rings. The molecule has 84 valence electrons. The van der Waals surface area contributed by atoms with Crippen LogP contribution in [0.25, 0.3) is 5.57 Å². The van der Waals surface area contributed by atoms with Crippen LogP contribution in [0.2, 0.25) is 0 Å². The van der Waals surface area contributed by atoms with Gasteiger partial charge in [0.1, 0.15) is 5.75 Å². The Hall–Kier alpha value is -1.77. The number of ketones is 1. The molecule has 2 N–H and O–H groups in total. The van der Waals surface area contributed by atoms with Crippen LogP contribution in [0.3, 0.4) is 0 Å². The van der Waals surface area contributed by atoms with Crippen molar-refractivity contribution in [3.8, 4) is 5.75 Å². The summed E-state index contributed by atoms with van der Waals surface area (Å²) in [4.78, 5) is 11.9. The van der Waals surface area contributed by atoms with Gasteiger partial charge in [-0.2, -0.15) is 0 Å². The van der Waals surface area contributed by atoms with E-state index in [0.717, 1.165) is 11.3 Å². The number of carbonyl (C=O) groups is 1. The zero-order valence-electron chi connectivity index (χ0n) is 9.49. The van der Waals surface area contributed by atoms with Gasteiger partial charge in [0.15, 0.2) is 5.78 Å². The molecule has 1 unspecified atom stereocenters. The summed E-state index contributed by atoms with van der Waals surface area (Å²) >= 11 is 0. The fourth-order valence-corrected chi connectivity index (χ4v) is 2.04. The molecule has 2 rings (SSSR count). The summed E-state index contributed by atoms with van der Waals surface area (Å²) in [7, 11) is 1.61. The van der Waals surface area contributed by atoms with Crippen LogP contribution in [0, 0.1) is 5.92 Å². The van der Waals surface area contributed by atoms with Crippen molar-refractivity contribution >= 4 is 11.4 Å². The predicted molar refractivity (Wildman–Crippen MR) is 62.9 cm³/mol. The Kier molecular flexibility index (Phi) is 2.69. The van der Waals surface area contributed by atoms with E-state index in [2.05, 4.69) is 0 Å². The molecule has 0 radical (unpaired) electrons. The van der Waals surface area contributed by atoms with Crippen LogP contribution in [0.15, 0.2) is 30.0 Å². The smallest absolute Gasteiger partial charge is 0.168 e. The average Bonchev–Trinajstić information content (AvgIpc) is 2.53. The third kappa shape index (κ3) is 1.69. The van der Waals surface area contributed by atoms with Gasteiger partial charge < -0.3 is 10.5 Å². The van der Waals surface area contributed by atoms with E-state index in [1.165, 1.54) is 0 Å². The number of benzene rings is 1. The maximum Gasteiger partial charge on any atom is 0.168 e. The highest BCUT2D eigenvalue weighted by atomic mass is 16.5. The Labute approximate surface area is 94.9 Å². The summed E-state index contributed by atoms with van der Waals surface area (Å²) in [5.74, 6) is 0.872. The summed E-state index contributed by atoms with van der Waals surface area (Å²) in [5.41, 5.74) is 8.10. The second kappa shape index (κ2) is 4.00. The van der Waals surface area contributed by atoms with Gasteiger partial charge in [-0.15, -0.1) is 0 Å². The zero-order chi connectivity index (χ0) is 11.7. The number of nitrogens with two attached hydrogens (primary N) is 1. The Morgan fingerprint density at radius 1 is 1.44 bits per heavy atom. The first-order valence-electron chi connectivity index (χ1n) is 5.30. The van der Waals surface area contributed by atoms with Gasteiger partial charge in [0.25, 0.3) is 0 Å². The first-order chi connectivity index (χ1) is 7.63. The molecular weight excluding hydrogens is 202 g/mol. The van der Waals surface area contributed by atoms with Gasteiger partial charge >= 0.3 is 0 Å². The number of hydrogen-bond acceptors (Lipinski definition) is 3. The largest absolute Gasteiger partial charge is 0.497 e. The zero-order valence-corrected chi connectivity index (χ0v) is 9.49. The van der Waals surface area contributed by atoms with Crippen molar-refractivity contribution in [3.63, 3.8) is 0 Å². The number of allylic oxidation sites excluding steroid dienone is 2. The average molecular weight is 217 g/mol. The van der Waals surface area contributed by atoms with Gasteiger partial charge in [-0.3, -0.25) is 4.79 Å². The highest BCUT2D eigenvalue weighted by molar-refractivity contribution is 6.24. The van der Waals surface area contributed by atoms with Gasteiger partial charge in [-0.05, 0) is 24.1 Å². The van der Waals surface area contributed by atoms with Crippen molar-refractivity contribution in [3.05, 3.63) is 35.5 Å². The van der Waals surface area contributed by atoms with Crippen LogP contribution in [-0.2, 0) is 4.79 Å².